The maximum Gasteiger partial charge on any atom is 0.482 e. The van der Waals surface area contributed by atoms with Crippen molar-refractivity contribution in [1.29, 1.82) is 0 Å². The van der Waals surface area contributed by atoms with E-state index in [0.29, 0.717) is 5.56 Å². The van der Waals surface area contributed by atoms with Gasteiger partial charge in [-0.3, -0.25) is 0 Å². The number of nitrogens with two attached hydrogens (primary N) is 1. The molecule has 0 aliphatic heterocycles. The monoisotopic (exact) mass is 229 g/mol. The van der Waals surface area contributed by atoms with E-state index in [1.807, 2.05) is 0 Å². The van der Waals surface area contributed by atoms with Gasteiger partial charge in [-0.25, -0.2) is 0 Å². The molecule has 4 nitrogen and oxygen atoms in total. The molecule has 0 amide bonds. The zero-order chi connectivity index (χ0) is 12.3. The van der Waals surface area contributed by atoms with Crippen molar-refractivity contribution in [2.24, 2.45) is 5.11 Å². The molecule has 16 heavy (non-hydrogen) atoms. The van der Waals surface area contributed by atoms with Crippen LogP contribution >= 0.6 is 0 Å². The molecule has 2 N–H and O–H groups in total. The highest BCUT2D eigenvalue weighted by atomic mass is 19.4. The van der Waals surface area contributed by atoms with Gasteiger partial charge in [-0.1, -0.05) is 17.0 Å². The van der Waals surface area contributed by atoms with E-state index in [1.54, 1.807) is 0 Å². The molecular weight excluding hydrogens is 220 g/mol. The summed E-state index contributed by atoms with van der Waals surface area (Å²) in [6, 6.07) is 2.60. The number of rotatable bonds is 3. The van der Waals surface area contributed by atoms with Gasteiger partial charge in [-0.05, 0) is 30.2 Å². The molecule has 0 spiro atoms. The van der Waals surface area contributed by atoms with Crippen molar-refractivity contribution in [2.45, 2.75) is 13.2 Å². The molecule has 0 aliphatic rings. The molecule has 0 bridgehead atoms. The molecule has 0 aromatic heterocycles. The van der Waals surface area contributed by atoms with Crippen LogP contribution in [0.25, 0.3) is 10.4 Å². The Balaban J connectivity index is 3.24. The normalized spacial score (nSPS) is 11.0. The third-order valence-corrected chi connectivity index (χ3v) is 2.11. The van der Waals surface area contributed by atoms with Crippen LogP contribution < -0.4 is 5.73 Å². The largest absolute Gasteiger partial charge is 0.482 e. The summed E-state index contributed by atoms with van der Waals surface area (Å²) in [6.45, 7) is -3.46. The van der Waals surface area contributed by atoms with Crippen molar-refractivity contribution in [1.82, 2.24) is 0 Å². The van der Waals surface area contributed by atoms with E-state index in [-0.39, 0.29) is 16.9 Å². The first-order valence-electron chi connectivity index (χ1n) is 4.48. The van der Waals surface area contributed by atoms with E-state index < -0.39 is 13.3 Å². The zero-order valence-electron chi connectivity index (χ0n) is 8.49. The quantitative estimate of drug-likeness (QED) is 0.278. The fourth-order valence-corrected chi connectivity index (χ4v) is 1.40. The highest BCUT2D eigenvalue weighted by Gasteiger charge is 2.24. The number of nitrogen functional groups attached to an aromatic ring is 1. The zero-order valence-corrected chi connectivity index (χ0v) is 8.49. The van der Waals surface area contributed by atoms with Gasteiger partial charge >= 0.3 is 6.98 Å². The number of benzene rings is 1. The molecule has 0 aliphatic carbocycles. The Labute approximate surface area is 89.9 Å². The van der Waals surface area contributed by atoms with Gasteiger partial charge in [-0.2, -0.15) is 0 Å². The van der Waals surface area contributed by atoms with Gasteiger partial charge in [0.05, 0.1) is 0 Å². The minimum absolute atomic E-state index is 0.0508. The third kappa shape index (κ3) is 3.10. The first kappa shape index (κ1) is 12.3. The molecule has 0 fully saturated rings. The van der Waals surface area contributed by atoms with Gasteiger partial charge in [-0.15, -0.1) is 0 Å². The van der Waals surface area contributed by atoms with Crippen molar-refractivity contribution < 1.29 is 12.9 Å². The van der Waals surface area contributed by atoms with Crippen molar-refractivity contribution in [3.63, 3.8) is 0 Å². The van der Waals surface area contributed by atoms with E-state index in [9.17, 15) is 12.9 Å². The predicted octanol–water partition coefficient (Wildman–Crippen LogP) is 3.45. The van der Waals surface area contributed by atoms with Crippen LogP contribution in [0.15, 0.2) is 17.2 Å². The summed E-state index contributed by atoms with van der Waals surface area (Å²) in [5.74, 6) is 0. The van der Waals surface area contributed by atoms with Gasteiger partial charge in [0.2, 0.25) is 0 Å². The summed E-state index contributed by atoms with van der Waals surface area (Å²) in [4.78, 5) is 2.54. The average Bonchev–Trinajstić information content (AvgIpc) is 2.11. The Bertz CT molecular complexity index is 451. The summed E-state index contributed by atoms with van der Waals surface area (Å²) in [5.41, 5.74) is 14.3. The summed E-state index contributed by atoms with van der Waals surface area (Å²) in [6.07, 6.45) is -1.02. The molecule has 1 rings (SSSR count). The Hall–Kier alpha value is -1.82. The van der Waals surface area contributed by atoms with E-state index in [1.165, 1.54) is 19.1 Å². The number of hydrogen-bond donors (Lipinski definition) is 1. The second-order valence-electron chi connectivity index (χ2n) is 3.43. The molecule has 1 aromatic rings. The van der Waals surface area contributed by atoms with Crippen molar-refractivity contribution >= 4 is 18.4 Å². The molecule has 8 heteroatoms. The van der Waals surface area contributed by atoms with Crippen molar-refractivity contribution in [3.8, 4) is 0 Å². The number of azide groups is 1. The Morgan fingerprint density at radius 1 is 1.44 bits per heavy atom. The summed E-state index contributed by atoms with van der Waals surface area (Å²) in [5, 5.41) is 3.30. The number of hydrogen-bond acceptors (Lipinski definition) is 2. The summed E-state index contributed by atoms with van der Waals surface area (Å²) < 4.78 is 36.9. The van der Waals surface area contributed by atoms with Gasteiger partial charge < -0.3 is 18.7 Å². The molecule has 0 unspecified atom stereocenters. The standard InChI is InChI=1S/C8H9BF3N4/c1-5-6(4-9(10,11)12)2-7(13)3-8(5)15-16-14/h2-3H,4,13H2,1H3/q-1. The molecule has 0 atom stereocenters. The molecule has 0 saturated heterocycles. The fraction of sp³-hybridized carbons (Fsp3) is 0.250. The highest BCUT2D eigenvalue weighted by Crippen LogP contribution is 2.29. The van der Waals surface area contributed by atoms with Crippen LogP contribution in [-0.2, 0) is 6.32 Å². The second kappa shape index (κ2) is 4.36. The smallest absolute Gasteiger partial charge is 0.449 e. The lowest BCUT2D eigenvalue weighted by atomic mass is 9.80. The van der Waals surface area contributed by atoms with Gasteiger partial charge in [0.1, 0.15) is 0 Å². The van der Waals surface area contributed by atoms with E-state index >= 15 is 0 Å². The molecule has 0 heterocycles. The van der Waals surface area contributed by atoms with Gasteiger partial charge in [0.15, 0.2) is 0 Å². The van der Waals surface area contributed by atoms with E-state index in [0.717, 1.165) is 0 Å². The van der Waals surface area contributed by atoms with Gasteiger partial charge in [0.25, 0.3) is 0 Å². The van der Waals surface area contributed by atoms with Crippen LogP contribution in [0, 0.1) is 6.92 Å². The SMILES string of the molecule is Cc1c(C[B-](F)(F)F)cc(N)cc1N=[N+]=[N-]. The first-order chi connectivity index (χ1) is 7.33. The van der Waals surface area contributed by atoms with Crippen LogP contribution in [0.4, 0.5) is 24.3 Å². The number of halogens is 3. The Morgan fingerprint density at radius 3 is 2.56 bits per heavy atom. The second-order valence-corrected chi connectivity index (χ2v) is 3.43. The lowest BCUT2D eigenvalue weighted by Gasteiger charge is -2.17. The number of anilines is 1. The minimum Gasteiger partial charge on any atom is -0.449 e. The van der Waals surface area contributed by atoms with Crippen LogP contribution in [0.3, 0.4) is 0 Å². The highest BCUT2D eigenvalue weighted by molar-refractivity contribution is 6.57. The Kier molecular flexibility index (Phi) is 3.34. The molecule has 1 aromatic carbocycles. The molecule has 86 valence electrons. The lowest BCUT2D eigenvalue weighted by Crippen LogP contribution is -2.20. The summed E-state index contributed by atoms with van der Waals surface area (Å²) in [7, 11) is 0. The fourth-order valence-electron chi connectivity index (χ4n) is 1.40. The van der Waals surface area contributed by atoms with E-state index in [2.05, 4.69) is 10.0 Å². The predicted molar refractivity (Wildman–Crippen MR) is 57.2 cm³/mol. The van der Waals surface area contributed by atoms with Crippen LogP contribution in [0.2, 0.25) is 0 Å². The third-order valence-electron chi connectivity index (χ3n) is 2.11. The number of nitrogens with zero attached hydrogens (tertiary/aromatic N) is 3. The first-order valence-corrected chi connectivity index (χ1v) is 4.48. The van der Waals surface area contributed by atoms with Crippen molar-refractivity contribution in [3.05, 3.63) is 33.7 Å². The summed E-state index contributed by atoms with van der Waals surface area (Å²) >= 11 is 0. The molecule has 0 saturated carbocycles. The van der Waals surface area contributed by atoms with E-state index in [4.69, 9.17) is 11.3 Å². The van der Waals surface area contributed by atoms with Crippen LogP contribution in [-0.4, -0.2) is 6.98 Å². The maximum atomic E-state index is 12.3. The van der Waals surface area contributed by atoms with Crippen molar-refractivity contribution in [2.75, 3.05) is 5.73 Å². The molecule has 0 radical (unpaired) electrons. The topological polar surface area (TPSA) is 74.8 Å². The van der Waals surface area contributed by atoms with Crippen LogP contribution in [0.5, 0.6) is 0 Å². The molecular formula is C8H9BF3N4-. The van der Waals surface area contributed by atoms with Crippen LogP contribution in [0.1, 0.15) is 11.1 Å². The maximum absolute atomic E-state index is 12.3. The average molecular weight is 229 g/mol. The Morgan fingerprint density at radius 2 is 2.06 bits per heavy atom. The lowest BCUT2D eigenvalue weighted by molar-refractivity contribution is 0.468. The minimum atomic E-state index is -4.93. The van der Waals surface area contributed by atoms with Gasteiger partial charge in [0, 0.05) is 16.3 Å².